The van der Waals surface area contributed by atoms with Gasteiger partial charge in [0.25, 0.3) is 5.91 Å². The molecule has 0 radical (unpaired) electrons. The quantitative estimate of drug-likeness (QED) is 0.676. The van der Waals surface area contributed by atoms with Crippen LogP contribution in [0.2, 0.25) is 0 Å². The van der Waals surface area contributed by atoms with E-state index in [-0.39, 0.29) is 12.6 Å². The Kier molecular flexibility index (Phi) is 4.07. The number of esters is 1. The van der Waals surface area contributed by atoms with Crippen molar-refractivity contribution in [2.24, 2.45) is 0 Å². The summed E-state index contributed by atoms with van der Waals surface area (Å²) in [6.45, 7) is 4.75. The van der Waals surface area contributed by atoms with E-state index in [0.717, 1.165) is 29.7 Å². The summed E-state index contributed by atoms with van der Waals surface area (Å²) in [7, 11) is 0. The summed E-state index contributed by atoms with van der Waals surface area (Å²) in [6.07, 6.45) is 2.87. The van der Waals surface area contributed by atoms with Crippen molar-refractivity contribution in [3.63, 3.8) is 0 Å². The zero-order chi connectivity index (χ0) is 17.5. The lowest BCUT2D eigenvalue weighted by atomic mass is 9.90. The summed E-state index contributed by atoms with van der Waals surface area (Å²) in [6, 6.07) is 5.34. The number of hydrogen-bond acceptors (Lipinski definition) is 4. The normalized spacial score (nSPS) is 22.8. The number of ether oxygens (including phenoxy) is 1. The highest BCUT2D eigenvalue weighted by Gasteiger charge is 2.49. The van der Waals surface area contributed by atoms with Gasteiger partial charge in [-0.25, -0.2) is 4.79 Å². The number of hydrogen-bond donors (Lipinski definition) is 1. The van der Waals surface area contributed by atoms with Gasteiger partial charge in [0.1, 0.15) is 12.1 Å². The zero-order valence-corrected chi connectivity index (χ0v) is 14.2. The van der Waals surface area contributed by atoms with E-state index in [1.54, 1.807) is 20.8 Å². The fourth-order valence-corrected chi connectivity index (χ4v) is 3.35. The fourth-order valence-electron chi connectivity index (χ4n) is 3.35. The molecular formula is C18H22N2O4. The maximum atomic E-state index is 12.8. The largest absolute Gasteiger partial charge is 0.462 e. The number of imide groups is 1. The Morgan fingerprint density at radius 2 is 2.00 bits per heavy atom. The molecule has 1 aromatic carbocycles. The van der Waals surface area contributed by atoms with E-state index in [1.807, 2.05) is 18.2 Å². The minimum Gasteiger partial charge on any atom is -0.462 e. The molecule has 6 nitrogen and oxygen atoms in total. The average Bonchev–Trinajstić information content (AvgIpc) is 3.05. The number of amides is 3. The molecule has 1 fully saturated rings. The molecule has 128 valence electrons. The molecule has 24 heavy (non-hydrogen) atoms. The molecule has 0 saturated carbocycles. The molecule has 2 aliphatic rings. The van der Waals surface area contributed by atoms with Gasteiger partial charge >= 0.3 is 12.0 Å². The predicted molar refractivity (Wildman–Crippen MR) is 87.3 cm³/mol. The number of nitrogens with one attached hydrogen (secondary N) is 1. The van der Waals surface area contributed by atoms with Crippen LogP contribution in [0.1, 0.15) is 43.9 Å². The van der Waals surface area contributed by atoms with E-state index in [4.69, 9.17) is 4.74 Å². The molecule has 1 N–H and O–H groups in total. The van der Waals surface area contributed by atoms with Gasteiger partial charge in [0.05, 0.1) is 6.10 Å². The molecule has 6 heteroatoms. The SMILES string of the molecule is CC(C)OC(=O)CN1C(=O)NC(C)(c2ccc3c(c2)CCC3)C1=O. The average molecular weight is 330 g/mol. The third-order valence-corrected chi connectivity index (χ3v) is 4.61. The predicted octanol–water partition coefficient (Wildman–Crippen LogP) is 1.89. The van der Waals surface area contributed by atoms with Gasteiger partial charge in [0.2, 0.25) is 0 Å². The van der Waals surface area contributed by atoms with Gasteiger partial charge in [0.15, 0.2) is 0 Å². The van der Waals surface area contributed by atoms with Crippen molar-refractivity contribution in [3.8, 4) is 0 Å². The van der Waals surface area contributed by atoms with Gasteiger partial charge < -0.3 is 10.1 Å². The van der Waals surface area contributed by atoms with Crippen LogP contribution < -0.4 is 5.32 Å². The highest BCUT2D eigenvalue weighted by atomic mass is 16.5. The minimum absolute atomic E-state index is 0.290. The first kappa shape index (κ1) is 16.5. The number of benzene rings is 1. The number of urea groups is 1. The molecule has 1 saturated heterocycles. The maximum absolute atomic E-state index is 12.8. The van der Waals surface area contributed by atoms with E-state index in [0.29, 0.717) is 0 Å². The smallest absolute Gasteiger partial charge is 0.326 e. The first-order valence-electron chi connectivity index (χ1n) is 8.27. The molecule has 3 amide bonds. The first-order chi connectivity index (χ1) is 11.3. The van der Waals surface area contributed by atoms with Gasteiger partial charge in [0, 0.05) is 0 Å². The van der Waals surface area contributed by atoms with Crippen molar-refractivity contribution < 1.29 is 19.1 Å². The number of carbonyl (C=O) groups excluding carboxylic acids is 3. The summed E-state index contributed by atoms with van der Waals surface area (Å²) in [5.74, 6) is -1.02. The molecule has 1 atom stereocenters. The zero-order valence-electron chi connectivity index (χ0n) is 14.2. The first-order valence-corrected chi connectivity index (χ1v) is 8.27. The standard InChI is InChI=1S/C18H22N2O4/c1-11(2)24-15(21)10-20-16(22)18(3,19-17(20)23)14-8-7-12-5-4-6-13(12)9-14/h7-9,11H,4-6,10H2,1-3H3,(H,19,23). The highest BCUT2D eigenvalue weighted by Crippen LogP contribution is 2.32. The topological polar surface area (TPSA) is 75.7 Å². The second kappa shape index (κ2) is 5.92. The van der Waals surface area contributed by atoms with Crippen LogP contribution in [0.4, 0.5) is 4.79 Å². The Hall–Kier alpha value is -2.37. The summed E-state index contributed by atoms with van der Waals surface area (Å²) < 4.78 is 5.03. The molecule has 1 aromatic rings. The molecule has 0 spiro atoms. The van der Waals surface area contributed by atoms with Crippen molar-refractivity contribution >= 4 is 17.9 Å². The van der Waals surface area contributed by atoms with E-state index in [9.17, 15) is 14.4 Å². The lowest BCUT2D eigenvalue weighted by Crippen LogP contribution is -2.42. The summed E-state index contributed by atoms with van der Waals surface area (Å²) in [5.41, 5.74) is 2.14. The van der Waals surface area contributed by atoms with Crippen molar-refractivity contribution in [1.82, 2.24) is 10.2 Å². The molecule has 0 aromatic heterocycles. The number of fused-ring (bicyclic) bond motifs is 1. The van der Waals surface area contributed by atoms with Crippen LogP contribution in [0.25, 0.3) is 0 Å². The van der Waals surface area contributed by atoms with E-state index in [1.165, 1.54) is 11.1 Å². The number of carbonyl (C=O) groups is 3. The molecular weight excluding hydrogens is 308 g/mol. The van der Waals surface area contributed by atoms with Crippen LogP contribution in [0.5, 0.6) is 0 Å². The summed E-state index contributed by atoms with van der Waals surface area (Å²) in [4.78, 5) is 37.7. The molecule has 3 rings (SSSR count). The van der Waals surface area contributed by atoms with Gasteiger partial charge in [-0.15, -0.1) is 0 Å². The monoisotopic (exact) mass is 330 g/mol. The molecule has 1 heterocycles. The van der Waals surface area contributed by atoms with Crippen LogP contribution >= 0.6 is 0 Å². The number of nitrogens with zero attached hydrogens (tertiary/aromatic N) is 1. The molecule has 1 aliphatic heterocycles. The van der Waals surface area contributed by atoms with Crippen LogP contribution in [0, 0.1) is 0 Å². The number of rotatable bonds is 4. The Morgan fingerprint density at radius 1 is 1.29 bits per heavy atom. The Morgan fingerprint density at radius 3 is 2.71 bits per heavy atom. The Bertz CT molecular complexity index is 713. The van der Waals surface area contributed by atoms with Gasteiger partial charge in [-0.2, -0.15) is 0 Å². The van der Waals surface area contributed by atoms with Crippen LogP contribution in [-0.4, -0.2) is 35.5 Å². The van der Waals surface area contributed by atoms with Gasteiger partial charge in [-0.05, 0) is 56.7 Å². The fraction of sp³-hybridized carbons (Fsp3) is 0.500. The van der Waals surface area contributed by atoms with E-state index < -0.39 is 23.4 Å². The third kappa shape index (κ3) is 2.77. The van der Waals surface area contributed by atoms with E-state index >= 15 is 0 Å². The van der Waals surface area contributed by atoms with Crippen molar-refractivity contribution in [3.05, 3.63) is 34.9 Å². The third-order valence-electron chi connectivity index (χ3n) is 4.61. The van der Waals surface area contributed by atoms with Crippen molar-refractivity contribution in [1.29, 1.82) is 0 Å². The summed E-state index contributed by atoms with van der Waals surface area (Å²) >= 11 is 0. The van der Waals surface area contributed by atoms with Gasteiger partial charge in [-0.1, -0.05) is 18.2 Å². The minimum atomic E-state index is -1.15. The van der Waals surface area contributed by atoms with Crippen LogP contribution in [-0.2, 0) is 32.7 Å². The summed E-state index contributed by atoms with van der Waals surface area (Å²) in [5, 5.41) is 2.73. The van der Waals surface area contributed by atoms with Crippen molar-refractivity contribution in [2.45, 2.75) is 51.7 Å². The van der Waals surface area contributed by atoms with Crippen LogP contribution in [0.3, 0.4) is 0 Å². The Labute approximate surface area is 141 Å². The molecule has 0 bridgehead atoms. The van der Waals surface area contributed by atoms with Crippen LogP contribution in [0.15, 0.2) is 18.2 Å². The Balaban J connectivity index is 1.83. The maximum Gasteiger partial charge on any atom is 0.326 e. The molecule has 1 unspecified atom stereocenters. The highest BCUT2D eigenvalue weighted by molar-refractivity contribution is 6.08. The second-order valence-corrected chi connectivity index (χ2v) is 6.82. The lowest BCUT2D eigenvalue weighted by Gasteiger charge is -2.23. The second-order valence-electron chi connectivity index (χ2n) is 6.82. The lowest BCUT2D eigenvalue weighted by molar-refractivity contribution is -0.150. The van der Waals surface area contributed by atoms with Gasteiger partial charge in [-0.3, -0.25) is 14.5 Å². The van der Waals surface area contributed by atoms with E-state index in [2.05, 4.69) is 5.32 Å². The van der Waals surface area contributed by atoms with Crippen molar-refractivity contribution in [2.75, 3.05) is 6.54 Å². The molecule has 1 aliphatic carbocycles. The number of aryl methyl sites for hydroxylation is 2.